The van der Waals surface area contributed by atoms with Gasteiger partial charge in [0.25, 0.3) is 5.91 Å². The molecule has 1 saturated heterocycles. The van der Waals surface area contributed by atoms with Gasteiger partial charge in [-0.1, -0.05) is 11.6 Å². The minimum Gasteiger partial charge on any atom is -0.349 e. The predicted octanol–water partition coefficient (Wildman–Crippen LogP) is 2.75. The number of thiazole rings is 1. The van der Waals surface area contributed by atoms with Gasteiger partial charge >= 0.3 is 0 Å². The van der Waals surface area contributed by atoms with Gasteiger partial charge in [-0.15, -0.1) is 11.3 Å². The van der Waals surface area contributed by atoms with Crippen molar-refractivity contribution in [2.45, 2.75) is 30.8 Å². The second kappa shape index (κ2) is 5.53. The van der Waals surface area contributed by atoms with Gasteiger partial charge in [0.1, 0.15) is 21.7 Å². The number of rotatable bonds is 3. The summed E-state index contributed by atoms with van der Waals surface area (Å²) in [5, 5.41) is 6.44. The molecule has 0 unspecified atom stereocenters. The maximum atomic E-state index is 13.4. The third kappa shape index (κ3) is 2.89. The normalized spacial score (nSPS) is 20.9. The van der Waals surface area contributed by atoms with Crippen LogP contribution in [0.4, 0.5) is 4.39 Å². The third-order valence-corrected chi connectivity index (χ3v) is 5.56. The van der Waals surface area contributed by atoms with Gasteiger partial charge in [0.05, 0.1) is 6.20 Å². The van der Waals surface area contributed by atoms with Gasteiger partial charge in [0, 0.05) is 16.1 Å². The second-order valence-electron chi connectivity index (χ2n) is 6.19. The van der Waals surface area contributed by atoms with Crippen molar-refractivity contribution in [2.24, 2.45) is 0 Å². The van der Waals surface area contributed by atoms with Crippen LogP contribution >= 0.6 is 22.9 Å². The van der Waals surface area contributed by atoms with Gasteiger partial charge in [-0.2, -0.15) is 0 Å². The van der Waals surface area contributed by atoms with E-state index in [4.69, 9.17) is 11.6 Å². The SMILES string of the molecule is O=C(N[C@H]1CC2(CC2)NC1=O)c1cnc(-c2cc(F)cc(Cl)c2)s1. The minimum absolute atomic E-state index is 0.0911. The first kappa shape index (κ1) is 15.5. The molecule has 2 aromatic rings. The fourth-order valence-electron chi connectivity index (χ4n) is 2.90. The van der Waals surface area contributed by atoms with Gasteiger partial charge < -0.3 is 10.6 Å². The zero-order valence-corrected chi connectivity index (χ0v) is 14.0. The molecule has 2 aliphatic rings. The maximum absolute atomic E-state index is 13.4. The van der Waals surface area contributed by atoms with E-state index in [0.717, 1.165) is 24.2 Å². The highest BCUT2D eigenvalue weighted by molar-refractivity contribution is 7.16. The first-order valence-electron chi connectivity index (χ1n) is 7.49. The van der Waals surface area contributed by atoms with Gasteiger partial charge in [-0.25, -0.2) is 9.37 Å². The number of halogens is 2. The lowest BCUT2D eigenvalue weighted by Gasteiger charge is -2.08. The smallest absolute Gasteiger partial charge is 0.263 e. The summed E-state index contributed by atoms with van der Waals surface area (Å²) in [5.74, 6) is -0.947. The molecule has 1 aliphatic heterocycles. The summed E-state index contributed by atoms with van der Waals surface area (Å²) in [6.07, 6.45) is 3.99. The zero-order chi connectivity index (χ0) is 16.9. The first-order chi connectivity index (χ1) is 11.4. The molecule has 0 bridgehead atoms. The summed E-state index contributed by atoms with van der Waals surface area (Å²) in [6.45, 7) is 0. The number of hydrogen-bond acceptors (Lipinski definition) is 4. The van der Waals surface area contributed by atoms with E-state index in [0.29, 0.717) is 21.9 Å². The lowest BCUT2D eigenvalue weighted by molar-refractivity contribution is -0.121. The molecule has 24 heavy (non-hydrogen) atoms. The number of carbonyl (C=O) groups excluding carboxylic acids is 2. The summed E-state index contributed by atoms with van der Waals surface area (Å²) in [7, 11) is 0. The van der Waals surface area contributed by atoms with Crippen LogP contribution in [0.2, 0.25) is 5.02 Å². The highest BCUT2D eigenvalue weighted by atomic mass is 35.5. The monoisotopic (exact) mass is 365 g/mol. The van der Waals surface area contributed by atoms with Crippen molar-refractivity contribution in [1.82, 2.24) is 15.6 Å². The van der Waals surface area contributed by atoms with Crippen molar-refractivity contribution in [3.05, 3.63) is 40.1 Å². The molecule has 2 fully saturated rings. The Morgan fingerprint density at radius 3 is 2.88 bits per heavy atom. The van der Waals surface area contributed by atoms with E-state index in [1.54, 1.807) is 6.07 Å². The molecule has 2 amide bonds. The standard InChI is InChI=1S/C16H13ClFN3O2S/c17-9-3-8(4-10(18)5-9)15-19-7-12(24-15)14(23)20-11-6-16(1-2-16)21-13(11)22/h3-5,7,11H,1-2,6H2,(H,20,23)(H,21,22)/t11-/m0/s1. The Kier molecular flexibility index (Phi) is 3.58. The molecule has 1 saturated carbocycles. The molecule has 4 rings (SSSR count). The van der Waals surface area contributed by atoms with Crippen molar-refractivity contribution in [1.29, 1.82) is 0 Å². The number of carbonyl (C=O) groups is 2. The van der Waals surface area contributed by atoms with Crippen molar-refractivity contribution >= 4 is 34.8 Å². The Balaban J connectivity index is 1.50. The summed E-state index contributed by atoms with van der Waals surface area (Å²) >= 11 is 6.98. The Hall–Kier alpha value is -1.99. The molecule has 1 aromatic carbocycles. The van der Waals surface area contributed by atoms with Crippen LogP contribution in [0.3, 0.4) is 0 Å². The fraction of sp³-hybridized carbons (Fsp3) is 0.312. The highest BCUT2D eigenvalue weighted by Gasteiger charge is 2.52. The van der Waals surface area contributed by atoms with Crippen molar-refractivity contribution in [3.63, 3.8) is 0 Å². The van der Waals surface area contributed by atoms with Gasteiger partial charge in [-0.05, 0) is 37.5 Å². The molecule has 1 atom stereocenters. The molecule has 2 heterocycles. The van der Waals surface area contributed by atoms with Crippen molar-refractivity contribution in [3.8, 4) is 10.6 Å². The first-order valence-corrected chi connectivity index (χ1v) is 8.69. The third-order valence-electron chi connectivity index (χ3n) is 4.30. The lowest BCUT2D eigenvalue weighted by atomic mass is 10.1. The van der Waals surface area contributed by atoms with Crippen LogP contribution < -0.4 is 10.6 Å². The van der Waals surface area contributed by atoms with Gasteiger partial charge in [-0.3, -0.25) is 9.59 Å². The molecule has 8 heteroatoms. The minimum atomic E-state index is -0.505. The van der Waals surface area contributed by atoms with Crippen LogP contribution in [0.15, 0.2) is 24.4 Å². The topological polar surface area (TPSA) is 71.1 Å². The average molecular weight is 366 g/mol. The molecule has 0 radical (unpaired) electrons. The molecule has 124 valence electrons. The van der Waals surface area contributed by atoms with Crippen LogP contribution in [-0.2, 0) is 4.79 Å². The molecule has 2 N–H and O–H groups in total. The van der Waals surface area contributed by atoms with Crippen molar-refractivity contribution in [2.75, 3.05) is 0 Å². The number of amides is 2. The van der Waals surface area contributed by atoms with E-state index in [1.165, 1.54) is 18.3 Å². The largest absolute Gasteiger partial charge is 0.349 e. The predicted molar refractivity (Wildman–Crippen MR) is 88.5 cm³/mol. The number of aromatic nitrogens is 1. The summed E-state index contributed by atoms with van der Waals surface area (Å²) in [6, 6.07) is 3.60. The zero-order valence-electron chi connectivity index (χ0n) is 12.4. The maximum Gasteiger partial charge on any atom is 0.263 e. The van der Waals surface area contributed by atoms with E-state index < -0.39 is 11.9 Å². The summed E-state index contributed by atoms with van der Waals surface area (Å²) in [4.78, 5) is 28.8. The molecule has 1 aliphatic carbocycles. The second-order valence-corrected chi connectivity index (χ2v) is 7.65. The summed E-state index contributed by atoms with van der Waals surface area (Å²) in [5.41, 5.74) is 0.422. The number of nitrogens with one attached hydrogen (secondary N) is 2. The van der Waals surface area contributed by atoms with E-state index in [1.807, 2.05) is 0 Å². The van der Waals surface area contributed by atoms with E-state index >= 15 is 0 Å². The van der Waals surface area contributed by atoms with Gasteiger partial charge in [0.15, 0.2) is 0 Å². The van der Waals surface area contributed by atoms with E-state index in [2.05, 4.69) is 15.6 Å². The van der Waals surface area contributed by atoms with Crippen LogP contribution in [0.25, 0.3) is 10.6 Å². The highest BCUT2D eigenvalue weighted by Crippen LogP contribution is 2.43. The van der Waals surface area contributed by atoms with Crippen LogP contribution in [-0.4, -0.2) is 28.4 Å². The Labute approximate surface area is 146 Å². The Morgan fingerprint density at radius 2 is 2.21 bits per heavy atom. The lowest BCUT2D eigenvalue weighted by Crippen LogP contribution is -2.39. The number of hydrogen-bond donors (Lipinski definition) is 2. The number of nitrogens with zero attached hydrogens (tertiary/aromatic N) is 1. The fourth-order valence-corrected chi connectivity index (χ4v) is 3.93. The van der Waals surface area contributed by atoms with Crippen LogP contribution in [0, 0.1) is 5.82 Å². The molecule has 1 aromatic heterocycles. The average Bonchev–Trinajstić information content (AvgIpc) is 2.96. The van der Waals surface area contributed by atoms with Crippen LogP contribution in [0.5, 0.6) is 0 Å². The Morgan fingerprint density at radius 1 is 1.42 bits per heavy atom. The van der Waals surface area contributed by atoms with Gasteiger partial charge in [0.2, 0.25) is 5.91 Å². The van der Waals surface area contributed by atoms with Crippen LogP contribution in [0.1, 0.15) is 28.9 Å². The molecular formula is C16H13ClFN3O2S. The molecular weight excluding hydrogens is 353 g/mol. The van der Waals surface area contributed by atoms with E-state index in [9.17, 15) is 14.0 Å². The van der Waals surface area contributed by atoms with E-state index in [-0.39, 0.29) is 22.4 Å². The Bertz CT molecular complexity index is 829. The number of benzene rings is 1. The molecule has 1 spiro atoms. The molecule has 5 nitrogen and oxygen atoms in total. The summed E-state index contributed by atoms with van der Waals surface area (Å²) < 4.78 is 13.4. The quantitative estimate of drug-likeness (QED) is 0.878. The van der Waals surface area contributed by atoms with Crippen molar-refractivity contribution < 1.29 is 14.0 Å².